The Hall–Kier alpha value is -1.97. The summed E-state index contributed by atoms with van der Waals surface area (Å²) in [5.41, 5.74) is 0.513. The molecule has 0 aliphatic carbocycles. The van der Waals surface area contributed by atoms with Gasteiger partial charge in [0.25, 0.3) is 0 Å². The van der Waals surface area contributed by atoms with Gasteiger partial charge >= 0.3 is 0 Å². The molecule has 26 heavy (non-hydrogen) atoms. The molecule has 9 heteroatoms. The smallest absolute Gasteiger partial charge is 0.243 e. The van der Waals surface area contributed by atoms with Gasteiger partial charge in [-0.15, -0.1) is 0 Å². The summed E-state index contributed by atoms with van der Waals surface area (Å²) in [6.07, 6.45) is 0. The number of hydrogen-bond donors (Lipinski definition) is 2. The fourth-order valence-corrected chi connectivity index (χ4v) is 3.99. The van der Waals surface area contributed by atoms with E-state index in [1.807, 2.05) is 13.8 Å². The van der Waals surface area contributed by atoms with Crippen LogP contribution in [0.4, 0.5) is 5.69 Å². The summed E-state index contributed by atoms with van der Waals surface area (Å²) in [7, 11) is -2.40. The highest BCUT2D eigenvalue weighted by atomic mass is 32.2. The van der Waals surface area contributed by atoms with Crippen molar-refractivity contribution in [1.29, 1.82) is 0 Å². The van der Waals surface area contributed by atoms with E-state index in [9.17, 15) is 18.0 Å². The van der Waals surface area contributed by atoms with Gasteiger partial charge in [0.15, 0.2) is 0 Å². The van der Waals surface area contributed by atoms with E-state index in [1.54, 1.807) is 4.90 Å². The lowest BCUT2D eigenvalue weighted by Gasteiger charge is -2.39. The number of likely N-dealkylation sites (N-methyl/N-ethyl adjacent to an activating group) is 1. The molecule has 2 atom stereocenters. The van der Waals surface area contributed by atoms with Crippen LogP contribution in [-0.2, 0) is 19.6 Å². The Bertz CT molecular complexity index is 763. The maximum Gasteiger partial charge on any atom is 0.243 e. The molecule has 1 fully saturated rings. The molecule has 0 saturated carbocycles. The van der Waals surface area contributed by atoms with Gasteiger partial charge in [0, 0.05) is 44.8 Å². The molecule has 1 heterocycles. The van der Waals surface area contributed by atoms with Crippen molar-refractivity contribution >= 4 is 27.5 Å². The standard InChI is InChI=1S/C17H26N4O4S/c1-12-13(2)21(10-9-18-12)17(23)11-20(4)26(24,25)16-7-5-15(6-8-16)19-14(3)22/h5-8,12-13,18H,9-11H2,1-4H3,(H,19,22). The lowest BCUT2D eigenvalue weighted by Crippen LogP contribution is -2.58. The normalized spacial score (nSPS) is 20.9. The molecule has 144 valence electrons. The SMILES string of the molecule is CC(=O)Nc1ccc(S(=O)(=O)N(C)CC(=O)N2CCNC(C)C2C)cc1. The number of nitrogens with zero attached hydrogens (tertiary/aromatic N) is 2. The maximum atomic E-state index is 12.7. The Balaban J connectivity index is 2.08. The van der Waals surface area contributed by atoms with Gasteiger partial charge in [0.1, 0.15) is 0 Å². The van der Waals surface area contributed by atoms with E-state index in [1.165, 1.54) is 38.2 Å². The predicted molar refractivity (Wildman–Crippen MR) is 99.2 cm³/mol. The van der Waals surface area contributed by atoms with Crippen molar-refractivity contribution < 1.29 is 18.0 Å². The molecule has 0 radical (unpaired) electrons. The van der Waals surface area contributed by atoms with Crippen LogP contribution in [0.25, 0.3) is 0 Å². The minimum absolute atomic E-state index is 0.00397. The Morgan fingerprint density at radius 2 is 1.88 bits per heavy atom. The Morgan fingerprint density at radius 1 is 1.27 bits per heavy atom. The first-order valence-corrected chi connectivity index (χ1v) is 9.94. The summed E-state index contributed by atoms with van der Waals surface area (Å²) in [5.74, 6) is -0.450. The third-order valence-electron chi connectivity index (χ3n) is 4.60. The molecule has 2 unspecified atom stereocenters. The van der Waals surface area contributed by atoms with Gasteiger partial charge in [-0.05, 0) is 38.1 Å². The van der Waals surface area contributed by atoms with Gasteiger partial charge in [-0.2, -0.15) is 4.31 Å². The molecule has 2 N–H and O–H groups in total. The number of carbonyl (C=O) groups is 2. The van der Waals surface area contributed by atoms with Crippen molar-refractivity contribution in [3.63, 3.8) is 0 Å². The fourth-order valence-electron chi connectivity index (χ4n) is 2.87. The van der Waals surface area contributed by atoms with Crippen LogP contribution in [0.1, 0.15) is 20.8 Å². The second kappa shape index (κ2) is 8.15. The van der Waals surface area contributed by atoms with Crippen molar-refractivity contribution in [2.24, 2.45) is 0 Å². The minimum Gasteiger partial charge on any atom is -0.336 e. The number of anilines is 1. The molecule has 2 rings (SSSR count). The highest BCUT2D eigenvalue weighted by Crippen LogP contribution is 2.18. The third-order valence-corrected chi connectivity index (χ3v) is 6.41. The van der Waals surface area contributed by atoms with Gasteiger partial charge in [-0.1, -0.05) is 0 Å². The van der Waals surface area contributed by atoms with Crippen molar-refractivity contribution in [3.05, 3.63) is 24.3 Å². The molecule has 0 bridgehead atoms. The van der Waals surface area contributed by atoms with Crippen LogP contribution in [0.3, 0.4) is 0 Å². The van der Waals surface area contributed by atoms with E-state index in [-0.39, 0.29) is 35.3 Å². The summed E-state index contributed by atoms with van der Waals surface area (Å²) in [6, 6.07) is 6.03. The second-order valence-electron chi connectivity index (χ2n) is 6.54. The van der Waals surface area contributed by atoms with Crippen molar-refractivity contribution in [1.82, 2.24) is 14.5 Å². The molecule has 1 aliphatic heterocycles. The summed E-state index contributed by atoms with van der Waals surface area (Å²) >= 11 is 0. The monoisotopic (exact) mass is 382 g/mol. The summed E-state index contributed by atoms with van der Waals surface area (Å²) in [5, 5.41) is 5.87. The number of piperazine rings is 1. The zero-order chi connectivity index (χ0) is 19.5. The quantitative estimate of drug-likeness (QED) is 0.772. The van der Waals surface area contributed by atoms with E-state index >= 15 is 0 Å². The average Bonchev–Trinajstić information content (AvgIpc) is 2.57. The summed E-state index contributed by atoms with van der Waals surface area (Å²) < 4.78 is 26.4. The van der Waals surface area contributed by atoms with Crippen LogP contribution in [0, 0.1) is 0 Å². The molecule has 1 saturated heterocycles. The molecule has 1 aliphatic rings. The van der Waals surface area contributed by atoms with Crippen molar-refractivity contribution in [2.45, 2.75) is 37.8 Å². The zero-order valence-electron chi connectivity index (χ0n) is 15.5. The summed E-state index contributed by atoms with van der Waals surface area (Å²) in [4.78, 5) is 25.4. The van der Waals surface area contributed by atoms with Gasteiger partial charge < -0.3 is 15.5 Å². The number of rotatable bonds is 5. The minimum atomic E-state index is -3.79. The van der Waals surface area contributed by atoms with E-state index in [2.05, 4.69) is 10.6 Å². The van der Waals surface area contributed by atoms with E-state index in [4.69, 9.17) is 0 Å². The van der Waals surface area contributed by atoms with Crippen LogP contribution < -0.4 is 10.6 Å². The molecule has 2 amide bonds. The van der Waals surface area contributed by atoms with Crippen LogP contribution in [-0.4, -0.2) is 68.2 Å². The zero-order valence-corrected chi connectivity index (χ0v) is 16.3. The lowest BCUT2D eigenvalue weighted by molar-refractivity contribution is -0.134. The highest BCUT2D eigenvalue weighted by molar-refractivity contribution is 7.89. The van der Waals surface area contributed by atoms with Crippen LogP contribution in [0.5, 0.6) is 0 Å². The van der Waals surface area contributed by atoms with Gasteiger partial charge in [0.05, 0.1) is 11.4 Å². The molecule has 1 aromatic rings. The Kier molecular flexibility index (Phi) is 6.38. The molecular weight excluding hydrogens is 356 g/mol. The second-order valence-corrected chi connectivity index (χ2v) is 8.58. The Labute approximate surface area is 154 Å². The Morgan fingerprint density at radius 3 is 2.46 bits per heavy atom. The average molecular weight is 382 g/mol. The van der Waals surface area contributed by atoms with Gasteiger partial charge in [-0.3, -0.25) is 9.59 Å². The van der Waals surface area contributed by atoms with E-state index in [0.29, 0.717) is 18.8 Å². The van der Waals surface area contributed by atoms with Crippen molar-refractivity contribution in [3.8, 4) is 0 Å². The highest BCUT2D eigenvalue weighted by Gasteiger charge is 2.31. The first-order chi connectivity index (χ1) is 12.1. The van der Waals surface area contributed by atoms with Gasteiger partial charge in [0.2, 0.25) is 21.8 Å². The predicted octanol–water partition coefficient (Wildman–Crippen LogP) is 0.474. The number of nitrogens with one attached hydrogen (secondary N) is 2. The largest absolute Gasteiger partial charge is 0.336 e. The first kappa shape index (κ1) is 20.3. The number of benzene rings is 1. The van der Waals surface area contributed by atoms with E-state index in [0.717, 1.165) is 4.31 Å². The topological polar surface area (TPSA) is 98.8 Å². The number of hydrogen-bond acceptors (Lipinski definition) is 5. The molecule has 0 aromatic heterocycles. The molecular formula is C17H26N4O4S. The van der Waals surface area contributed by atoms with Crippen LogP contribution in [0.15, 0.2) is 29.2 Å². The molecule has 8 nitrogen and oxygen atoms in total. The summed E-state index contributed by atoms with van der Waals surface area (Å²) in [6.45, 7) is 6.36. The number of carbonyl (C=O) groups excluding carboxylic acids is 2. The van der Waals surface area contributed by atoms with Crippen molar-refractivity contribution in [2.75, 3.05) is 32.0 Å². The van der Waals surface area contributed by atoms with Gasteiger partial charge in [-0.25, -0.2) is 8.42 Å². The lowest BCUT2D eigenvalue weighted by atomic mass is 10.1. The maximum absolute atomic E-state index is 12.7. The third kappa shape index (κ3) is 4.60. The fraction of sp³-hybridized carbons (Fsp3) is 0.529. The van der Waals surface area contributed by atoms with Crippen LogP contribution >= 0.6 is 0 Å². The van der Waals surface area contributed by atoms with Crippen LogP contribution in [0.2, 0.25) is 0 Å². The first-order valence-electron chi connectivity index (χ1n) is 8.49. The molecule has 1 aromatic carbocycles. The molecule has 0 spiro atoms. The number of sulfonamides is 1. The number of amides is 2. The van der Waals surface area contributed by atoms with E-state index < -0.39 is 10.0 Å².